The first-order valence-corrected chi connectivity index (χ1v) is 9.32. The zero-order chi connectivity index (χ0) is 20.1. The fourth-order valence-electron chi connectivity index (χ4n) is 2.78. The van der Waals surface area contributed by atoms with Crippen LogP contribution >= 0.6 is 0 Å². The van der Waals surface area contributed by atoms with Crippen LogP contribution in [0.4, 0.5) is 5.69 Å². The first-order chi connectivity index (χ1) is 13.4. The van der Waals surface area contributed by atoms with Crippen molar-refractivity contribution in [2.45, 2.75) is 46.1 Å². The number of hydrogen-bond acceptors (Lipinski definition) is 5. The van der Waals surface area contributed by atoms with E-state index >= 15 is 0 Å². The summed E-state index contributed by atoms with van der Waals surface area (Å²) in [7, 11) is 0. The molecule has 2 aromatic carbocycles. The molecular formula is C22H25N3O3. The van der Waals surface area contributed by atoms with E-state index in [1.807, 2.05) is 31.2 Å². The average Bonchev–Trinajstić information content (AvgIpc) is 3.14. The van der Waals surface area contributed by atoms with E-state index in [9.17, 15) is 4.79 Å². The van der Waals surface area contributed by atoms with Gasteiger partial charge in [0.15, 0.2) is 6.61 Å². The Bertz CT molecular complexity index is 940. The summed E-state index contributed by atoms with van der Waals surface area (Å²) in [6.45, 7) is 8.53. The summed E-state index contributed by atoms with van der Waals surface area (Å²) in [6, 6.07) is 14.8. The van der Waals surface area contributed by atoms with Crippen molar-refractivity contribution in [3.05, 3.63) is 71.4 Å². The molecule has 0 bridgehead atoms. The van der Waals surface area contributed by atoms with Crippen LogP contribution in [0.3, 0.4) is 0 Å². The molecule has 1 amide bonds. The second kappa shape index (κ2) is 8.25. The number of carbonyl (C=O) groups excluding carboxylic acids is 1. The molecule has 3 aromatic rings. The number of ether oxygens (including phenoxy) is 1. The monoisotopic (exact) mass is 379 g/mol. The Morgan fingerprint density at radius 3 is 2.46 bits per heavy atom. The van der Waals surface area contributed by atoms with Crippen LogP contribution < -0.4 is 10.1 Å². The highest BCUT2D eigenvalue weighted by atomic mass is 16.5. The number of hydrogen-bond donors (Lipinski definition) is 1. The molecule has 0 fully saturated rings. The Hall–Kier alpha value is -3.15. The van der Waals surface area contributed by atoms with Crippen LogP contribution in [0.2, 0.25) is 0 Å². The SMILES string of the molecule is CCc1nc(COc2ccc(C(=O)Nc3ccccc3C(C)(C)C)cc2)no1. The van der Waals surface area contributed by atoms with Crippen LogP contribution in [0.15, 0.2) is 53.1 Å². The number of anilines is 1. The second-order valence-electron chi connectivity index (χ2n) is 7.52. The van der Waals surface area contributed by atoms with Gasteiger partial charge in [0.05, 0.1) is 0 Å². The van der Waals surface area contributed by atoms with Crippen LogP contribution in [0.25, 0.3) is 0 Å². The molecule has 3 rings (SSSR count). The number of benzene rings is 2. The largest absolute Gasteiger partial charge is 0.485 e. The van der Waals surface area contributed by atoms with Crippen molar-refractivity contribution in [3.63, 3.8) is 0 Å². The zero-order valence-electron chi connectivity index (χ0n) is 16.7. The lowest BCUT2D eigenvalue weighted by Crippen LogP contribution is -2.18. The van der Waals surface area contributed by atoms with Crippen molar-refractivity contribution in [1.82, 2.24) is 10.1 Å². The molecule has 0 aliphatic rings. The number of amides is 1. The number of nitrogens with zero attached hydrogens (tertiary/aromatic N) is 2. The average molecular weight is 379 g/mol. The van der Waals surface area contributed by atoms with Gasteiger partial charge in [-0.1, -0.05) is 51.1 Å². The van der Waals surface area contributed by atoms with Gasteiger partial charge in [-0.2, -0.15) is 4.98 Å². The maximum atomic E-state index is 12.6. The van der Waals surface area contributed by atoms with Gasteiger partial charge in [0, 0.05) is 17.7 Å². The number of carbonyl (C=O) groups is 1. The van der Waals surface area contributed by atoms with Crippen molar-refractivity contribution >= 4 is 11.6 Å². The second-order valence-corrected chi connectivity index (χ2v) is 7.52. The van der Waals surface area contributed by atoms with Crippen LogP contribution in [0.5, 0.6) is 5.75 Å². The Kier molecular flexibility index (Phi) is 5.78. The number of rotatable bonds is 6. The van der Waals surface area contributed by atoms with E-state index in [2.05, 4.69) is 36.2 Å². The lowest BCUT2D eigenvalue weighted by molar-refractivity contribution is 0.102. The van der Waals surface area contributed by atoms with Gasteiger partial charge in [-0.25, -0.2) is 0 Å². The molecule has 0 aliphatic heterocycles. The van der Waals surface area contributed by atoms with Gasteiger partial charge in [-0.3, -0.25) is 4.79 Å². The molecule has 28 heavy (non-hydrogen) atoms. The Morgan fingerprint density at radius 1 is 1.11 bits per heavy atom. The molecule has 1 heterocycles. The number of aryl methyl sites for hydroxylation is 1. The molecule has 0 radical (unpaired) electrons. The Morgan fingerprint density at radius 2 is 1.82 bits per heavy atom. The van der Waals surface area contributed by atoms with Crippen LogP contribution in [0.1, 0.15) is 55.3 Å². The normalized spacial score (nSPS) is 11.3. The molecule has 0 unspecified atom stereocenters. The van der Waals surface area contributed by atoms with Gasteiger partial charge in [0.2, 0.25) is 11.7 Å². The van der Waals surface area contributed by atoms with Crippen molar-refractivity contribution in [3.8, 4) is 5.75 Å². The number of para-hydroxylation sites is 1. The van der Waals surface area contributed by atoms with Gasteiger partial charge in [0.1, 0.15) is 5.75 Å². The summed E-state index contributed by atoms with van der Waals surface area (Å²) in [5, 5.41) is 6.86. The Labute approximate surface area is 164 Å². The van der Waals surface area contributed by atoms with Gasteiger partial charge in [0.25, 0.3) is 5.91 Å². The molecule has 6 nitrogen and oxygen atoms in total. The maximum absolute atomic E-state index is 12.6. The van der Waals surface area contributed by atoms with Crippen LogP contribution in [-0.2, 0) is 18.4 Å². The molecular weight excluding hydrogens is 354 g/mol. The highest BCUT2D eigenvalue weighted by Crippen LogP contribution is 2.29. The van der Waals surface area contributed by atoms with Gasteiger partial charge in [-0.15, -0.1) is 0 Å². The molecule has 1 N–H and O–H groups in total. The zero-order valence-corrected chi connectivity index (χ0v) is 16.7. The lowest BCUT2D eigenvalue weighted by Gasteiger charge is -2.23. The smallest absolute Gasteiger partial charge is 0.255 e. The third-order valence-corrected chi connectivity index (χ3v) is 4.28. The summed E-state index contributed by atoms with van der Waals surface area (Å²) >= 11 is 0. The van der Waals surface area contributed by atoms with Gasteiger partial charge >= 0.3 is 0 Å². The van der Waals surface area contributed by atoms with Gasteiger partial charge < -0.3 is 14.6 Å². The number of nitrogens with one attached hydrogen (secondary N) is 1. The quantitative estimate of drug-likeness (QED) is 0.668. The topological polar surface area (TPSA) is 77.2 Å². The summed E-state index contributed by atoms with van der Waals surface area (Å²) in [6.07, 6.45) is 0.690. The minimum atomic E-state index is -0.158. The van der Waals surface area contributed by atoms with E-state index in [1.165, 1.54) is 0 Å². The molecule has 146 valence electrons. The number of aromatic nitrogens is 2. The minimum absolute atomic E-state index is 0.0611. The summed E-state index contributed by atoms with van der Waals surface area (Å²) < 4.78 is 10.7. The van der Waals surface area contributed by atoms with Crippen LogP contribution in [-0.4, -0.2) is 16.0 Å². The van der Waals surface area contributed by atoms with E-state index < -0.39 is 0 Å². The predicted octanol–water partition coefficient (Wildman–Crippen LogP) is 4.76. The highest BCUT2D eigenvalue weighted by Gasteiger charge is 2.19. The predicted molar refractivity (Wildman–Crippen MR) is 108 cm³/mol. The molecule has 0 saturated heterocycles. The third-order valence-electron chi connectivity index (χ3n) is 4.28. The lowest BCUT2D eigenvalue weighted by atomic mass is 9.86. The first kappa shape index (κ1) is 19.6. The summed E-state index contributed by atoms with van der Waals surface area (Å²) in [5.41, 5.74) is 2.41. The van der Waals surface area contributed by atoms with E-state index in [-0.39, 0.29) is 17.9 Å². The molecule has 1 aromatic heterocycles. The minimum Gasteiger partial charge on any atom is -0.485 e. The van der Waals surface area contributed by atoms with Crippen molar-refractivity contribution < 1.29 is 14.1 Å². The van der Waals surface area contributed by atoms with Crippen molar-refractivity contribution in [2.24, 2.45) is 0 Å². The van der Waals surface area contributed by atoms with Crippen LogP contribution in [0, 0.1) is 0 Å². The standard InChI is InChI=1S/C22H25N3O3/c1-5-20-24-19(25-28-20)14-27-16-12-10-15(11-13-16)21(26)23-18-9-7-6-8-17(18)22(2,3)4/h6-13H,5,14H2,1-4H3,(H,23,26). The van der Waals surface area contributed by atoms with E-state index in [1.54, 1.807) is 24.3 Å². The van der Waals surface area contributed by atoms with Crippen molar-refractivity contribution in [1.29, 1.82) is 0 Å². The van der Waals surface area contributed by atoms with Gasteiger partial charge in [-0.05, 0) is 41.3 Å². The molecule has 0 atom stereocenters. The van der Waals surface area contributed by atoms with E-state index in [0.717, 1.165) is 11.3 Å². The summed E-state index contributed by atoms with van der Waals surface area (Å²) in [4.78, 5) is 16.8. The summed E-state index contributed by atoms with van der Waals surface area (Å²) in [5.74, 6) is 1.56. The Balaban J connectivity index is 1.64. The van der Waals surface area contributed by atoms with Crippen molar-refractivity contribution in [2.75, 3.05) is 5.32 Å². The molecule has 0 aliphatic carbocycles. The maximum Gasteiger partial charge on any atom is 0.255 e. The molecule has 6 heteroatoms. The highest BCUT2D eigenvalue weighted by molar-refractivity contribution is 6.04. The van der Waals surface area contributed by atoms with E-state index in [4.69, 9.17) is 9.26 Å². The molecule has 0 saturated carbocycles. The third kappa shape index (κ3) is 4.76. The fraction of sp³-hybridized carbons (Fsp3) is 0.318. The fourth-order valence-corrected chi connectivity index (χ4v) is 2.78. The van der Waals surface area contributed by atoms with E-state index in [0.29, 0.717) is 29.4 Å². The molecule has 0 spiro atoms. The first-order valence-electron chi connectivity index (χ1n) is 9.32.